The molecule has 3 rings (SSSR count). The molecule has 1 amide bonds. The number of hydrogen-bond acceptors (Lipinski definition) is 5. The van der Waals surface area contributed by atoms with Crippen molar-refractivity contribution in [2.75, 3.05) is 20.5 Å². The van der Waals surface area contributed by atoms with Crippen molar-refractivity contribution in [3.63, 3.8) is 0 Å². The van der Waals surface area contributed by atoms with Crippen LogP contribution in [0.25, 0.3) is 0 Å². The van der Waals surface area contributed by atoms with E-state index in [0.29, 0.717) is 23.8 Å². The molecule has 120 valence electrons. The molecular weight excluding hydrogens is 298 g/mol. The Morgan fingerprint density at radius 2 is 1.91 bits per heavy atom. The van der Waals surface area contributed by atoms with E-state index in [1.165, 1.54) is 0 Å². The molecule has 0 radical (unpaired) electrons. The van der Waals surface area contributed by atoms with Crippen molar-refractivity contribution in [2.24, 2.45) is 0 Å². The highest BCUT2D eigenvalue weighted by atomic mass is 16.7. The van der Waals surface area contributed by atoms with E-state index < -0.39 is 0 Å². The van der Waals surface area contributed by atoms with E-state index in [4.69, 9.17) is 18.9 Å². The molecule has 0 saturated heterocycles. The highest BCUT2D eigenvalue weighted by Gasteiger charge is 2.13. The molecule has 23 heavy (non-hydrogen) atoms. The molecule has 6 heteroatoms. The standard InChI is InChI=1S/C17H17NO5/c1-20-13-4-2-3-5-14(13)21-10-17(19)18-9-12-6-7-15-16(8-12)23-11-22-15/h2-8H,9-11H2,1H3,(H,18,19). The van der Waals surface area contributed by atoms with E-state index in [0.717, 1.165) is 11.3 Å². The van der Waals surface area contributed by atoms with Crippen LogP contribution in [0.4, 0.5) is 0 Å². The van der Waals surface area contributed by atoms with Crippen LogP contribution in [0.15, 0.2) is 42.5 Å². The number of carbonyl (C=O) groups excluding carboxylic acids is 1. The van der Waals surface area contributed by atoms with Crippen LogP contribution >= 0.6 is 0 Å². The lowest BCUT2D eigenvalue weighted by Gasteiger charge is -2.10. The van der Waals surface area contributed by atoms with Gasteiger partial charge in [0.05, 0.1) is 7.11 Å². The van der Waals surface area contributed by atoms with Crippen LogP contribution in [0.5, 0.6) is 23.0 Å². The SMILES string of the molecule is COc1ccccc1OCC(=O)NCc1ccc2c(c1)OCO2. The summed E-state index contributed by atoms with van der Waals surface area (Å²) in [5.41, 5.74) is 0.930. The lowest BCUT2D eigenvalue weighted by Crippen LogP contribution is -2.28. The fourth-order valence-electron chi connectivity index (χ4n) is 2.18. The number of benzene rings is 2. The molecule has 1 N–H and O–H groups in total. The van der Waals surface area contributed by atoms with Gasteiger partial charge in [0.2, 0.25) is 6.79 Å². The summed E-state index contributed by atoms with van der Waals surface area (Å²) in [6.07, 6.45) is 0. The van der Waals surface area contributed by atoms with Gasteiger partial charge in [-0.1, -0.05) is 18.2 Å². The first-order valence-electron chi connectivity index (χ1n) is 7.17. The number of ether oxygens (including phenoxy) is 4. The topological polar surface area (TPSA) is 66.0 Å². The Kier molecular flexibility index (Phi) is 4.52. The molecule has 0 bridgehead atoms. The minimum atomic E-state index is -0.214. The van der Waals surface area contributed by atoms with Crippen LogP contribution in [0.2, 0.25) is 0 Å². The van der Waals surface area contributed by atoms with Crippen LogP contribution in [0.3, 0.4) is 0 Å². The fourth-order valence-corrected chi connectivity index (χ4v) is 2.18. The Labute approximate surface area is 133 Å². The maximum absolute atomic E-state index is 11.9. The van der Waals surface area contributed by atoms with Gasteiger partial charge in [-0.15, -0.1) is 0 Å². The van der Waals surface area contributed by atoms with Crippen molar-refractivity contribution >= 4 is 5.91 Å². The monoisotopic (exact) mass is 315 g/mol. The second-order valence-electron chi connectivity index (χ2n) is 4.90. The van der Waals surface area contributed by atoms with Crippen molar-refractivity contribution in [3.05, 3.63) is 48.0 Å². The van der Waals surface area contributed by atoms with E-state index in [2.05, 4.69) is 5.32 Å². The molecule has 0 atom stereocenters. The van der Waals surface area contributed by atoms with Gasteiger partial charge in [-0.25, -0.2) is 0 Å². The number of methoxy groups -OCH3 is 1. The van der Waals surface area contributed by atoms with Gasteiger partial charge >= 0.3 is 0 Å². The van der Waals surface area contributed by atoms with Crippen LogP contribution < -0.4 is 24.3 Å². The highest BCUT2D eigenvalue weighted by Crippen LogP contribution is 2.32. The van der Waals surface area contributed by atoms with Crippen molar-refractivity contribution in [1.82, 2.24) is 5.32 Å². The van der Waals surface area contributed by atoms with Gasteiger partial charge in [0.15, 0.2) is 29.6 Å². The Bertz CT molecular complexity index is 701. The van der Waals surface area contributed by atoms with E-state index in [-0.39, 0.29) is 19.3 Å². The third kappa shape index (κ3) is 3.66. The van der Waals surface area contributed by atoms with E-state index in [1.54, 1.807) is 19.2 Å². The lowest BCUT2D eigenvalue weighted by molar-refractivity contribution is -0.123. The average molecular weight is 315 g/mol. The molecule has 1 heterocycles. The molecule has 6 nitrogen and oxygen atoms in total. The van der Waals surface area contributed by atoms with Gasteiger partial charge in [0, 0.05) is 6.54 Å². The van der Waals surface area contributed by atoms with Gasteiger partial charge in [-0.05, 0) is 29.8 Å². The summed E-state index contributed by atoms with van der Waals surface area (Å²) in [6.45, 7) is 0.549. The van der Waals surface area contributed by atoms with Crippen molar-refractivity contribution in [3.8, 4) is 23.0 Å². The number of carbonyl (C=O) groups is 1. The van der Waals surface area contributed by atoms with Gasteiger partial charge in [-0.2, -0.15) is 0 Å². The Morgan fingerprint density at radius 1 is 1.13 bits per heavy atom. The zero-order chi connectivity index (χ0) is 16.1. The summed E-state index contributed by atoms with van der Waals surface area (Å²) < 4.78 is 21.2. The van der Waals surface area contributed by atoms with Crippen molar-refractivity contribution in [2.45, 2.75) is 6.54 Å². The highest BCUT2D eigenvalue weighted by molar-refractivity contribution is 5.77. The molecule has 0 spiro atoms. The van der Waals surface area contributed by atoms with Gasteiger partial charge in [-0.3, -0.25) is 4.79 Å². The minimum absolute atomic E-state index is 0.0784. The smallest absolute Gasteiger partial charge is 0.258 e. The quantitative estimate of drug-likeness (QED) is 0.884. The third-order valence-electron chi connectivity index (χ3n) is 3.35. The zero-order valence-corrected chi connectivity index (χ0v) is 12.7. The molecule has 0 saturated carbocycles. The summed E-state index contributed by atoms with van der Waals surface area (Å²) in [5, 5.41) is 2.80. The van der Waals surface area contributed by atoms with E-state index >= 15 is 0 Å². The van der Waals surface area contributed by atoms with Gasteiger partial charge < -0.3 is 24.3 Å². The first-order valence-corrected chi connectivity index (χ1v) is 7.17. The minimum Gasteiger partial charge on any atom is -0.493 e. The Hall–Kier alpha value is -2.89. The summed E-state index contributed by atoms with van der Waals surface area (Å²) in [6, 6.07) is 12.8. The maximum Gasteiger partial charge on any atom is 0.258 e. The number of amides is 1. The van der Waals surface area contributed by atoms with Crippen molar-refractivity contribution in [1.29, 1.82) is 0 Å². The fraction of sp³-hybridized carbons (Fsp3) is 0.235. The molecule has 1 aliphatic heterocycles. The predicted octanol–water partition coefficient (Wildman–Crippen LogP) is 2.12. The lowest BCUT2D eigenvalue weighted by atomic mass is 10.2. The van der Waals surface area contributed by atoms with Crippen molar-refractivity contribution < 1.29 is 23.7 Å². The number of rotatable bonds is 6. The van der Waals surface area contributed by atoms with Gasteiger partial charge in [0.1, 0.15) is 0 Å². The normalized spacial score (nSPS) is 11.9. The Balaban J connectivity index is 1.50. The van der Waals surface area contributed by atoms with Crippen LogP contribution in [0.1, 0.15) is 5.56 Å². The predicted molar refractivity (Wildman–Crippen MR) is 82.9 cm³/mol. The first kappa shape index (κ1) is 15.0. The molecule has 2 aromatic carbocycles. The number of hydrogen-bond donors (Lipinski definition) is 1. The summed E-state index contributed by atoms with van der Waals surface area (Å²) >= 11 is 0. The molecule has 0 aromatic heterocycles. The van der Waals surface area contributed by atoms with E-state index in [9.17, 15) is 4.79 Å². The molecule has 0 aliphatic carbocycles. The summed E-state index contributed by atoms with van der Waals surface area (Å²) in [7, 11) is 1.56. The second kappa shape index (κ2) is 6.91. The largest absolute Gasteiger partial charge is 0.493 e. The molecule has 1 aliphatic rings. The van der Waals surface area contributed by atoms with Crippen LogP contribution in [0, 0.1) is 0 Å². The van der Waals surface area contributed by atoms with Gasteiger partial charge in [0.25, 0.3) is 5.91 Å². The zero-order valence-electron chi connectivity index (χ0n) is 12.7. The number of nitrogens with one attached hydrogen (secondary N) is 1. The van der Waals surface area contributed by atoms with Crippen LogP contribution in [-0.4, -0.2) is 26.4 Å². The summed E-state index contributed by atoms with van der Waals surface area (Å²) in [4.78, 5) is 11.9. The summed E-state index contributed by atoms with van der Waals surface area (Å²) in [5.74, 6) is 2.33. The second-order valence-corrected chi connectivity index (χ2v) is 4.90. The Morgan fingerprint density at radius 3 is 2.74 bits per heavy atom. The molecule has 0 fully saturated rings. The number of para-hydroxylation sites is 2. The first-order chi connectivity index (χ1) is 11.3. The molecule has 2 aromatic rings. The number of fused-ring (bicyclic) bond motifs is 1. The van der Waals surface area contributed by atoms with Crippen LogP contribution in [-0.2, 0) is 11.3 Å². The van der Waals surface area contributed by atoms with E-state index in [1.807, 2.05) is 30.3 Å². The average Bonchev–Trinajstić information content (AvgIpc) is 3.06. The third-order valence-corrected chi connectivity index (χ3v) is 3.35. The molecule has 0 unspecified atom stereocenters. The molecular formula is C17H17NO5. The maximum atomic E-state index is 11.9.